The van der Waals surface area contributed by atoms with Crippen molar-refractivity contribution in [3.8, 4) is 0 Å². The maximum absolute atomic E-state index is 10.5. The summed E-state index contributed by atoms with van der Waals surface area (Å²) in [5, 5.41) is 17.1. The Morgan fingerprint density at radius 3 is 1.54 bits per heavy atom. The van der Waals surface area contributed by atoms with E-state index in [0.717, 1.165) is 0 Å². The van der Waals surface area contributed by atoms with Crippen molar-refractivity contribution in [1.29, 1.82) is 0 Å². The molecule has 0 aromatic heterocycles. The van der Waals surface area contributed by atoms with Crippen LogP contribution in [0.1, 0.15) is 22.1 Å². The number of rotatable bonds is 2. The van der Waals surface area contributed by atoms with E-state index >= 15 is 0 Å². The van der Waals surface area contributed by atoms with E-state index in [9.17, 15) is 9.59 Å². The van der Waals surface area contributed by atoms with E-state index in [1.165, 1.54) is 24.3 Å². The second-order valence-corrected chi connectivity index (χ2v) is 2.16. The van der Waals surface area contributed by atoms with Gasteiger partial charge in [0, 0.05) is 0 Å². The molecule has 0 amide bonds. The summed E-state index contributed by atoms with van der Waals surface area (Å²) >= 11 is 0. The minimum absolute atomic E-state index is 0. The molecule has 0 aliphatic heterocycles. The summed E-state index contributed by atoms with van der Waals surface area (Å²) in [5.41, 5.74) is -0.380. The second-order valence-electron chi connectivity index (χ2n) is 2.16. The van der Waals surface area contributed by atoms with Gasteiger partial charge >= 0.3 is 64.7 Å². The van der Waals surface area contributed by atoms with Crippen LogP contribution in [0.25, 0.3) is 0 Å². The molecule has 2 N–H and O–H groups in total. The van der Waals surface area contributed by atoms with Gasteiger partial charge in [-0.1, -0.05) is 12.1 Å². The van der Waals surface area contributed by atoms with E-state index in [-0.39, 0.29) is 63.9 Å². The molecule has 0 aliphatic rings. The minimum atomic E-state index is -1.23. The Morgan fingerprint density at radius 2 is 1.31 bits per heavy atom. The standard InChI is InChI=1S/C8H6O4.K.H/c9-7(10)5-3-1-2-4-6(5)8(11)12;;/h1-4H,(H,9,10)(H,11,12);;/p+1. The molecule has 4 nitrogen and oxygen atoms in total. The van der Waals surface area contributed by atoms with E-state index < -0.39 is 11.9 Å². The summed E-state index contributed by atoms with van der Waals surface area (Å²) in [6, 6.07) is 5.48. The third-order valence-electron chi connectivity index (χ3n) is 1.39. The predicted octanol–water partition coefficient (Wildman–Crippen LogP) is 0.547. The zero-order valence-corrected chi connectivity index (χ0v) is 6.02. The van der Waals surface area contributed by atoms with Crippen molar-refractivity contribution < 1.29 is 21.2 Å². The first-order valence-electron chi connectivity index (χ1n) is 3.18. The molecule has 13 heavy (non-hydrogen) atoms. The van der Waals surface area contributed by atoms with Crippen molar-refractivity contribution in [3.05, 3.63) is 35.4 Å². The maximum atomic E-state index is 10.5. The Labute approximate surface area is 118 Å². The number of benzene rings is 1. The molecular weight excluding hydrogens is 199 g/mol. The van der Waals surface area contributed by atoms with Crippen LogP contribution >= 0.6 is 0 Å². The fourth-order valence-corrected chi connectivity index (χ4v) is 0.856. The molecule has 0 atom stereocenters. The summed E-state index contributed by atoms with van der Waals surface area (Å²) in [5.74, 6) is -2.46. The van der Waals surface area contributed by atoms with Crippen LogP contribution in [0.3, 0.4) is 0 Å². The van der Waals surface area contributed by atoms with Gasteiger partial charge in [0.2, 0.25) is 0 Å². The van der Waals surface area contributed by atoms with Gasteiger partial charge in [-0.15, -0.1) is 0 Å². The van der Waals surface area contributed by atoms with Gasteiger partial charge in [0.25, 0.3) is 0 Å². The zero-order chi connectivity index (χ0) is 9.14. The van der Waals surface area contributed by atoms with Crippen LogP contribution in [-0.2, 0) is 0 Å². The molecule has 1 rings (SSSR count). The van der Waals surface area contributed by atoms with E-state index in [1.807, 2.05) is 0 Å². The fourth-order valence-electron chi connectivity index (χ4n) is 0.856. The molecule has 0 heterocycles. The third kappa shape index (κ3) is 3.20. The van der Waals surface area contributed by atoms with Crippen molar-refractivity contribution in [1.82, 2.24) is 0 Å². The molecule has 0 fully saturated rings. The van der Waals surface area contributed by atoms with Crippen LogP contribution in [0, 0.1) is 0 Å². The van der Waals surface area contributed by atoms with Gasteiger partial charge in [-0.25, -0.2) is 9.59 Å². The van der Waals surface area contributed by atoms with Gasteiger partial charge in [0.1, 0.15) is 0 Å². The summed E-state index contributed by atoms with van der Waals surface area (Å²) in [6.07, 6.45) is 0. The molecular formula is C8H8KO4+. The Balaban J connectivity index is 0. The van der Waals surface area contributed by atoms with E-state index in [0.29, 0.717) is 0 Å². The first-order valence-corrected chi connectivity index (χ1v) is 3.18. The summed E-state index contributed by atoms with van der Waals surface area (Å²) < 4.78 is 0. The number of hydrogen-bond acceptors (Lipinski definition) is 2. The molecule has 5 heteroatoms. The third-order valence-corrected chi connectivity index (χ3v) is 1.39. The first-order chi connectivity index (χ1) is 5.63. The normalized spacial score (nSPS) is 8.62. The molecule has 1 aromatic carbocycles. The molecule has 0 spiro atoms. The quantitative estimate of drug-likeness (QED) is 0.694. The SMILES string of the molecule is O=C(O)c1ccccc1C(=O)O.[H+].[KH]. The molecule has 1 aromatic rings. The average molecular weight is 207 g/mol. The van der Waals surface area contributed by atoms with E-state index in [4.69, 9.17) is 10.2 Å². The van der Waals surface area contributed by atoms with Gasteiger partial charge in [0.05, 0.1) is 11.1 Å². The summed E-state index contributed by atoms with van der Waals surface area (Å²) in [7, 11) is 0. The molecule has 0 radical (unpaired) electrons. The molecule has 0 saturated carbocycles. The Morgan fingerprint density at radius 1 is 1.00 bits per heavy atom. The molecule has 64 valence electrons. The first kappa shape index (κ1) is 12.8. The van der Waals surface area contributed by atoms with Crippen LogP contribution in [-0.4, -0.2) is 73.5 Å². The van der Waals surface area contributed by atoms with Crippen LogP contribution in [0.5, 0.6) is 0 Å². The molecule has 0 unspecified atom stereocenters. The monoisotopic (exact) mass is 207 g/mol. The number of hydrogen-bond donors (Lipinski definition) is 2. The summed E-state index contributed by atoms with van der Waals surface area (Å²) in [4.78, 5) is 20.9. The Bertz CT molecular complexity index is 307. The Kier molecular flexibility index (Phi) is 5.42. The second kappa shape index (κ2) is 5.51. The van der Waals surface area contributed by atoms with Gasteiger partial charge in [-0.3, -0.25) is 0 Å². The number of carboxylic acid groups (broad SMARTS) is 2. The van der Waals surface area contributed by atoms with Crippen molar-refractivity contribution in [2.24, 2.45) is 0 Å². The molecule has 0 bridgehead atoms. The van der Waals surface area contributed by atoms with Gasteiger partial charge in [-0.2, -0.15) is 0 Å². The van der Waals surface area contributed by atoms with Crippen LogP contribution in [0.2, 0.25) is 0 Å². The number of carboxylic acids is 2. The van der Waals surface area contributed by atoms with Crippen molar-refractivity contribution in [3.63, 3.8) is 0 Å². The van der Waals surface area contributed by atoms with Crippen LogP contribution in [0.4, 0.5) is 0 Å². The van der Waals surface area contributed by atoms with E-state index in [2.05, 4.69) is 0 Å². The van der Waals surface area contributed by atoms with Gasteiger partial charge < -0.3 is 10.2 Å². The van der Waals surface area contributed by atoms with E-state index in [1.54, 1.807) is 0 Å². The van der Waals surface area contributed by atoms with Crippen molar-refractivity contribution in [2.45, 2.75) is 0 Å². The van der Waals surface area contributed by atoms with Gasteiger partial charge in [-0.05, 0) is 12.1 Å². The topological polar surface area (TPSA) is 74.6 Å². The zero-order valence-electron chi connectivity index (χ0n) is 7.02. The van der Waals surface area contributed by atoms with Crippen LogP contribution < -0.4 is 0 Å². The van der Waals surface area contributed by atoms with Crippen molar-refractivity contribution in [2.75, 3.05) is 0 Å². The van der Waals surface area contributed by atoms with Gasteiger partial charge in [0.15, 0.2) is 0 Å². The van der Waals surface area contributed by atoms with Crippen molar-refractivity contribution >= 4 is 63.3 Å². The molecule has 0 saturated heterocycles. The summed E-state index contributed by atoms with van der Waals surface area (Å²) in [6.45, 7) is 0. The average Bonchev–Trinajstić information content (AvgIpc) is 2.04. The molecule has 0 aliphatic carbocycles. The number of carbonyl (C=O) groups is 2. The van der Waals surface area contributed by atoms with Crippen LogP contribution in [0.15, 0.2) is 24.3 Å². The Hall–Kier alpha value is -0.204. The number of aromatic carboxylic acids is 2. The predicted molar refractivity (Wildman–Crippen MR) is 48.6 cm³/mol. The fraction of sp³-hybridized carbons (Fsp3) is 0.